The van der Waals surface area contributed by atoms with Crippen LogP contribution in [0.3, 0.4) is 0 Å². The predicted molar refractivity (Wildman–Crippen MR) is 123 cm³/mol. The first kappa shape index (κ1) is 22.2. The number of rotatable bonds is 5. The highest BCUT2D eigenvalue weighted by molar-refractivity contribution is 7.89. The highest BCUT2D eigenvalue weighted by Gasteiger charge is 2.18. The van der Waals surface area contributed by atoms with Gasteiger partial charge in [-0.1, -0.05) is 12.8 Å². The van der Waals surface area contributed by atoms with Gasteiger partial charge in [-0.25, -0.2) is 12.7 Å². The standard InChI is InChI=1S/C23H27N5O3S/c1-27(2)32(30,31)20-14-10-18(11-15-20)23(29)24-19-12-8-17(9-13-19)22-26-25-21-7-5-3-4-6-16-28(21)22/h8-15H,3-7,16H2,1-2H3,(H,24,29). The topological polar surface area (TPSA) is 97.2 Å². The molecule has 32 heavy (non-hydrogen) atoms. The SMILES string of the molecule is CN(C)S(=O)(=O)c1ccc(C(=O)Nc2ccc(-c3nnc4n3CCCCCC4)cc2)cc1. The number of benzene rings is 2. The molecule has 0 aliphatic carbocycles. The highest BCUT2D eigenvalue weighted by atomic mass is 32.2. The van der Waals surface area contributed by atoms with E-state index in [-0.39, 0.29) is 10.8 Å². The summed E-state index contributed by atoms with van der Waals surface area (Å²) in [7, 11) is -0.587. The molecular formula is C23H27N5O3S. The van der Waals surface area contributed by atoms with Crippen LogP contribution in [0.25, 0.3) is 11.4 Å². The number of amides is 1. The third-order valence-corrected chi connectivity index (χ3v) is 7.48. The molecule has 1 aromatic heterocycles. The smallest absolute Gasteiger partial charge is 0.255 e. The summed E-state index contributed by atoms with van der Waals surface area (Å²) in [5, 5.41) is 11.6. The Morgan fingerprint density at radius 1 is 0.938 bits per heavy atom. The van der Waals surface area contributed by atoms with Crippen molar-refractivity contribution in [1.82, 2.24) is 19.1 Å². The summed E-state index contributed by atoms with van der Waals surface area (Å²) < 4.78 is 27.7. The summed E-state index contributed by atoms with van der Waals surface area (Å²) in [5.41, 5.74) is 1.99. The van der Waals surface area contributed by atoms with E-state index in [9.17, 15) is 13.2 Å². The molecule has 0 radical (unpaired) electrons. The molecule has 3 aromatic rings. The van der Waals surface area contributed by atoms with E-state index in [0.29, 0.717) is 11.3 Å². The average molecular weight is 454 g/mol. The summed E-state index contributed by atoms with van der Waals surface area (Å²) in [4.78, 5) is 12.7. The molecule has 0 spiro atoms. The zero-order valence-corrected chi connectivity index (χ0v) is 19.1. The number of carbonyl (C=O) groups excluding carboxylic acids is 1. The Labute approximate surface area is 188 Å². The van der Waals surface area contributed by atoms with Crippen LogP contribution in [0.2, 0.25) is 0 Å². The number of aromatic nitrogens is 3. The number of fused-ring (bicyclic) bond motifs is 1. The van der Waals surface area contributed by atoms with Crippen LogP contribution < -0.4 is 5.32 Å². The number of nitrogens with zero attached hydrogens (tertiary/aromatic N) is 4. The van der Waals surface area contributed by atoms with Crippen LogP contribution in [0.5, 0.6) is 0 Å². The van der Waals surface area contributed by atoms with Crippen molar-refractivity contribution in [3.8, 4) is 11.4 Å². The molecule has 9 heteroatoms. The van der Waals surface area contributed by atoms with Crippen molar-refractivity contribution in [2.45, 2.75) is 43.5 Å². The lowest BCUT2D eigenvalue weighted by molar-refractivity contribution is 0.102. The van der Waals surface area contributed by atoms with E-state index in [1.54, 1.807) is 0 Å². The zero-order valence-electron chi connectivity index (χ0n) is 18.3. The Bertz CT molecular complexity index is 1200. The van der Waals surface area contributed by atoms with Gasteiger partial charge in [0.05, 0.1) is 4.90 Å². The molecule has 0 saturated heterocycles. The summed E-state index contributed by atoms with van der Waals surface area (Å²) in [6.07, 6.45) is 5.69. The van der Waals surface area contributed by atoms with E-state index in [0.717, 1.165) is 47.3 Å². The quantitative estimate of drug-likeness (QED) is 0.637. The second kappa shape index (κ2) is 9.22. The van der Waals surface area contributed by atoms with Gasteiger partial charge < -0.3 is 9.88 Å². The van der Waals surface area contributed by atoms with Gasteiger partial charge in [-0.3, -0.25) is 4.79 Å². The van der Waals surface area contributed by atoms with Crippen LogP contribution in [0.4, 0.5) is 5.69 Å². The maximum atomic E-state index is 12.6. The molecule has 0 atom stereocenters. The van der Waals surface area contributed by atoms with Crippen molar-refractivity contribution in [2.75, 3.05) is 19.4 Å². The predicted octanol–water partition coefficient (Wildman–Crippen LogP) is 3.56. The summed E-state index contributed by atoms with van der Waals surface area (Å²) in [6, 6.07) is 13.4. The molecule has 4 rings (SSSR count). The molecule has 1 aliphatic heterocycles. The number of sulfonamides is 1. The van der Waals surface area contributed by atoms with E-state index in [4.69, 9.17) is 0 Å². The van der Waals surface area contributed by atoms with Crippen LogP contribution >= 0.6 is 0 Å². The zero-order chi connectivity index (χ0) is 22.7. The van der Waals surface area contributed by atoms with Crippen LogP contribution in [-0.4, -0.2) is 47.5 Å². The Hall–Kier alpha value is -3.04. The van der Waals surface area contributed by atoms with E-state index in [2.05, 4.69) is 20.1 Å². The van der Waals surface area contributed by atoms with Gasteiger partial charge in [-0.05, 0) is 61.4 Å². The van der Waals surface area contributed by atoms with Gasteiger partial charge in [0.1, 0.15) is 5.82 Å². The summed E-state index contributed by atoms with van der Waals surface area (Å²) >= 11 is 0. The number of aryl methyl sites for hydroxylation is 1. The van der Waals surface area contributed by atoms with Crippen LogP contribution in [-0.2, 0) is 23.0 Å². The van der Waals surface area contributed by atoms with E-state index in [1.807, 2.05) is 24.3 Å². The fraction of sp³-hybridized carbons (Fsp3) is 0.348. The number of hydrogen-bond acceptors (Lipinski definition) is 5. The molecule has 0 unspecified atom stereocenters. The fourth-order valence-corrected chi connectivity index (χ4v) is 4.67. The molecule has 2 heterocycles. The molecule has 168 valence electrons. The highest BCUT2D eigenvalue weighted by Crippen LogP contribution is 2.24. The average Bonchev–Trinajstić information content (AvgIpc) is 3.15. The Morgan fingerprint density at radius 2 is 1.62 bits per heavy atom. The Morgan fingerprint density at radius 3 is 2.31 bits per heavy atom. The van der Waals surface area contributed by atoms with Crippen molar-refractivity contribution >= 4 is 21.6 Å². The second-order valence-corrected chi connectivity index (χ2v) is 10.3. The fourth-order valence-electron chi connectivity index (χ4n) is 3.77. The van der Waals surface area contributed by atoms with E-state index >= 15 is 0 Å². The first-order valence-electron chi connectivity index (χ1n) is 10.7. The van der Waals surface area contributed by atoms with Gasteiger partial charge in [0.2, 0.25) is 10.0 Å². The van der Waals surface area contributed by atoms with Crippen LogP contribution in [0.1, 0.15) is 41.9 Å². The number of carbonyl (C=O) groups is 1. The number of nitrogens with one attached hydrogen (secondary N) is 1. The molecule has 8 nitrogen and oxygen atoms in total. The minimum Gasteiger partial charge on any atom is -0.322 e. The van der Waals surface area contributed by atoms with Crippen molar-refractivity contribution in [3.05, 3.63) is 59.9 Å². The van der Waals surface area contributed by atoms with Crippen molar-refractivity contribution in [3.63, 3.8) is 0 Å². The molecule has 0 bridgehead atoms. The molecule has 0 saturated carbocycles. The first-order chi connectivity index (χ1) is 15.4. The molecule has 0 fully saturated rings. The van der Waals surface area contributed by atoms with E-state index in [1.165, 1.54) is 51.2 Å². The van der Waals surface area contributed by atoms with Crippen molar-refractivity contribution < 1.29 is 13.2 Å². The van der Waals surface area contributed by atoms with Gasteiger partial charge in [0, 0.05) is 43.9 Å². The third kappa shape index (κ3) is 4.58. The lowest BCUT2D eigenvalue weighted by atomic mass is 10.1. The van der Waals surface area contributed by atoms with Gasteiger partial charge in [0.15, 0.2) is 5.82 Å². The number of hydrogen-bond donors (Lipinski definition) is 1. The Kier molecular flexibility index (Phi) is 6.38. The van der Waals surface area contributed by atoms with E-state index < -0.39 is 10.0 Å². The lowest BCUT2D eigenvalue weighted by Gasteiger charge is -2.13. The van der Waals surface area contributed by atoms with Crippen LogP contribution in [0.15, 0.2) is 53.4 Å². The van der Waals surface area contributed by atoms with Crippen molar-refractivity contribution in [2.24, 2.45) is 0 Å². The largest absolute Gasteiger partial charge is 0.322 e. The molecule has 1 amide bonds. The van der Waals surface area contributed by atoms with Crippen LogP contribution in [0, 0.1) is 0 Å². The normalized spacial score (nSPS) is 14.5. The second-order valence-electron chi connectivity index (χ2n) is 8.10. The minimum atomic E-state index is -3.53. The van der Waals surface area contributed by atoms with Gasteiger partial charge in [-0.2, -0.15) is 0 Å². The first-order valence-corrected chi connectivity index (χ1v) is 12.2. The van der Waals surface area contributed by atoms with Gasteiger partial charge >= 0.3 is 0 Å². The monoisotopic (exact) mass is 453 g/mol. The lowest BCUT2D eigenvalue weighted by Crippen LogP contribution is -2.22. The summed E-state index contributed by atoms with van der Waals surface area (Å²) in [5.74, 6) is 1.59. The number of anilines is 1. The maximum Gasteiger partial charge on any atom is 0.255 e. The Balaban J connectivity index is 1.47. The van der Waals surface area contributed by atoms with Gasteiger partial charge in [0.25, 0.3) is 5.91 Å². The van der Waals surface area contributed by atoms with Gasteiger partial charge in [-0.15, -0.1) is 10.2 Å². The maximum absolute atomic E-state index is 12.6. The van der Waals surface area contributed by atoms with Crippen molar-refractivity contribution in [1.29, 1.82) is 0 Å². The minimum absolute atomic E-state index is 0.145. The molecule has 1 aliphatic rings. The molecule has 1 N–H and O–H groups in total. The molecule has 2 aromatic carbocycles. The third-order valence-electron chi connectivity index (χ3n) is 5.66. The summed E-state index contributed by atoms with van der Waals surface area (Å²) in [6.45, 7) is 0.926. The molecular weight excluding hydrogens is 426 g/mol.